The van der Waals surface area contributed by atoms with Crippen LogP contribution < -0.4 is 5.73 Å². The molecule has 0 aromatic carbocycles. The first-order valence-electron chi connectivity index (χ1n) is 6.53. The molecule has 0 aliphatic heterocycles. The van der Waals surface area contributed by atoms with Gasteiger partial charge in [0.25, 0.3) is 0 Å². The second-order valence-electron chi connectivity index (χ2n) is 6.14. The van der Waals surface area contributed by atoms with Gasteiger partial charge < -0.3 is 5.73 Å². The molecule has 1 nitrogen and oxygen atoms in total. The molecule has 0 aromatic heterocycles. The molecule has 0 heterocycles. The van der Waals surface area contributed by atoms with Crippen LogP contribution in [0.2, 0.25) is 0 Å². The largest absolute Gasteiger partial charge is 0.325 e. The zero-order valence-electron chi connectivity index (χ0n) is 9.23. The topological polar surface area (TPSA) is 26.0 Å². The van der Waals surface area contributed by atoms with Crippen molar-refractivity contribution < 1.29 is 0 Å². The normalized spacial score (nSPS) is 34.1. The van der Waals surface area contributed by atoms with Crippen molar-refractivity contribution in [1.82, 2.24) is 0 Å². The van der Waals surface area contributed by atoms with Gasteiger partial charge in [-0.2, -0.15) is 0 Å². The van der Waals surface area contributed by atoms with Gasteiger partial charge in [0.15, 0.2) is 0 Å². The van der Waals surface area contributed by atoms with E-state index in [0.29, 0.717) is 11.0 Å². The van der Waals surface area contributed by atoms with Gasteiger partial charge in [-0.3, -0.25) is 0 Å². The molecule has 3 aliphatic carbocycles. The van der Waals surface area contributed by atoms with Crippen LogP contribution in [0.1, 0.15) is 64.2 Å². The van der Waals surface area contributed by atoms with Crippen LogP contribution in [0.4, 0.5) is 0 Å². The summed E-state index contributed by atoms with van der Waals surface area (Å²) in [5.41, 5.74) is 7.35. The van der Waals surface area contributed by atoms with Gasteiger partial charge in [0.05, 0.1) is 0 Å². The van der Waals surface area contributed by atoms with E-state index in [1.807, 2.05) is 0 Å². The molecule has 0 amide bonds. The second kappa shape index (κ2) is 2.98. The van der Waals surface area contributed by atoms with Gasteiger partial charge >= 0.3 is 0 Å². The molecule has 0 atom stereocenters. The van der Waals surface area contributed by atoms with E-state index in [0.717, 1.165) is 5.92 Å². The highest BCUT2D eigenvalue weighted by atomic mass is 14.9. The fourth-order valence-corrected chi connectivity index (χ4v) is 3.67. The van der Waals surface area contributed by atoms with E-state index in [4.69, 9.17) is 5.73 Å². The smallest absolute Gasteiger partial charge is 0.0212 e. The lowest BCUT2D eigenvalue weighted by atomic mass is 9.78. The Labute approximate surface area is 87.4 Å². The molecular formula is C13H23N. The molecule has 0 saturated heterocycles. The highest BCUT2D eigenvalue weighted by molar-refractivity contribution is 5.19. The fourth-order valence-electron chi connectivity index (χ4n) is 3.67. The summed E-state index contributed by atoms with van der Waals surface area (Å²) >= 11 is 0. The standard InChI is InChI=1S/C13H23N/c14-13(8-9-13)12(6-7-12)10-11-4-2-1-3-5-11/h11H,1-10,14H2. The molecular weight excluding hydrogens is 170 g/mol. The number of hydrogen-bond donors (Lipinski definition) is 1. The molecule has 14 heavy (non-hydrogen) atoms. The monoisotopic (exact) mass is 193 g/mol. The minimum Gasteiger partial charge on any atom is -0.325 e. The highest BCUT2D eigenvalue weighted by Crippen LogP contribution is 2.66. The van der Waals surface area contributed by atoms with Gasteiger partial charge in [-0.1, -0.05) is 32.1 Å². The molecule has 0 radical (unpaired) electrons. The van der Waals surface area contributed by atoms with E-state index in [1.165, 1.54) is 64.2 Å². The average molecular weight is 193 g/mol. The molecule has 3 saturated carbocycles. The lowest BCUT2D eigenvalue weighted by Gasteiger charge is -2.30. The molecule has 0 aromatic rings. The zero-order valence-corrected chi connectivity index (χ0v) is 9.23. The SMILES string of the molecule is NC1(C2(CC3CCCCC3)CC2)CC1. The van der Waals surface area contributed by atoms with Crippen molar-refractivity contribution >= 4 is 0 Å². The van der Waals surface area contributed by atoms with Crippen LogP contribution in [0, 0.1) is 11.3 Å². The molecule has 2 N–H and O–H groups in total. The zero-order chi connectivity index (χ0) is 9.65. The van der Waals surface area contributed by atoms with Crippen molar-refractivity contribution in [2.24, 2.45) is 17.1 Å². The summed E-state index contributed by atoms with van der Waals surface area (Å²) in [5, 5.41) is 0. The van der Waals surface area contributed by atoms with Crippen molar-refractivity contribution in [2.45, 2.75) is 69.7 Å². The fraction of sp³-hybridized carbons (Fsp3) is 1.00. The summed E-state index contributed by atoms with van der Waals surface area (Å²) < 4.78 is 0. The molecule has 0 bridgehead atoms. The van der Waals surface area contributed by atoms with E-state index < -0.39 is 0 Å². The van der Waals surface area contributed by atoms with E-state index in [-0.39, 0.29) is 0 Å². The maximum Gasteiger partial charge on any atom is 0.0212 e. The molecule has 0 spiro atoms. The predicted octanol–water partition coefficient (Wildman–Crippen LogP) is 3.23. The molecule has 1 heteroatoms. The number of rotatable bonds is 3. The Morgan fingerprint density at radius 2 is 1.57 bits per heavy atom. The third kappa shape index (κ3) is 1.41. The maximum atomic E-state index is 6.40. The third-order valence-electron chi connectivity index (χ3n) is 5.10. The third-order valence-corrected chi connectivity index (χ3v) is 5.10. The Bertz CT molecular complexity index is 219. The van der Waals surface area contributed by atoms with Crippen molar-refractivity contribution in [1.29, 1.82) is 0 Å². The van der Waals surface area contributed by atoms with Crippen molar-refractivity contribution in [3.05, 3.63) is 0 Å². The lowest BCUT2D eigenvalue weighted by Crippen LogP contribution is -2.35. The number of hydrogen-bond acceptors (Lipinski definition) is 1. The average Bonchev–Trinajstić information content (AvgIpc) is 3.07. The summed E-state index contributed by atoms with van der Waals surface area (Å²) in [4.78, 5) is 0. The van der Waals surface area contributed by atoms with Gasteiger partial charge in [0.1, 0.15) is 0 Å². The van der Waals surface area contributed by atoms with Crippen LogP contribution in [0.5, 0.6) is 0 Å². The summed E-state index contributed by atoms with van der Waals surface area (Å²) in [7, 11) is 0. The second-order valence-corrected chi connectivity index (χ2v) is 6.14. The van der Waals surface area contributed by atoms with Gasteiger partial charge in [0, 0.05) is 5.54 Å². The highest BCUT2D eigenvalue weighted by Gasteiger charge is 2.63. The first kappa shape index (κ1) is 9.21. The Morgan fingerprint density at radius 1 is 0.929 bits per heavy atom. The quantitative estimate of drug-likeness (QED) is 0.731. The van der Waals surface area contributed by atoms with Gasteiger partial charge in [-0.05, 0) is 43.4 Å². The van der Waals surface area contributed by atoms with Crippen LogP contribution in [0.25, 0.3) is 0 Å². The van der Waals surface area contributed by atoms with Crippen molar-refractivity contribution in [3.63, 3.8) is 0 Å². The van der Waals surface area contributed by atoms with Crippen LogP contribution in [-0.2, 0) is 0 Å². The van der Waals surface area contributed by atoms with Crippen LogP contribution >= 0.6 is 0 Å². The Balaban J connectivity index is 1.60. The molecule has 0 unspecified atom stereocenters. The van der Waals surface area contributed by atoms with Gasteiger partial charge in [0.2, 0.25) is 0 Å². The van der Waals surface area contributed by atoms with Gasteiger partial charge in [-0.25, -0.2) is 0 Å². The van der Waals surface area contributed by atoms with Gasteiger partial charge in [-0.15, -0.1) is 0 Å². The molecule has 3 rings (SSSR count). The number of nitrogens with two attached hydrogens (primary N) is 1. The Kier molecular flexibility index (Phi) is 1.96. The summed E-state index contributed by atoms with van der Waals surface area (Å²) in [6, 6.07) is 0. The first-order valence-corrected chi connectivity index (χ1v) is 6.53. The van der Waals surface area contributed by atoms with Crippen LogP contribution in [-0.4, -0.2) is 5.54 Å². The maximum absolute atomic E-state index is 6.40. The molecule has 3 fully saturated rings. The van der Waals surface area contributed by atoms with Crippen molar-refractivity contribution in [2.75, 3.05) is 0 Å². The Hall–Kier alpha value is -0.0400. The summed E-state index contributed by atoms with van der Waals surface area (Å²) in [6.07, 6.45) is 14.5. The van der Waals surface area contributed by atoms with E-state index in [9.17, 15) is 0 Å². The predicted molar refractivity (Wildman–Crippen MR) is 59.0 cm³/mol. The minimum atomic E-state index is 0.310. The Morgan fingerprint density at radius 3 is 2.07 bits per heavy atom. The summed E-state index contributed by atoms with van der Waals surface area (Å²) in [5.74, 6) is 1.03. The first-order chi connectivity index (χ1) is 6.74. The van der Waals surface area contributed by atoms with E-state index >= 15 is 0 Å². The molecule has 80 valence electrons. The van der Waals surface area contributed by atoms with Crippen LogP contribution in [0.3, 0.4) is 0 Å². The molecule has 3 aliphatic rings. The van der Waals surface area contributed by atoms with Crippen LogP contribution in [0.15, 0.2) is 0 Å². The minimum absolute atomic E-state index is 0.310. The van der Waals surface area contributed by atoms with Crippen molar-refractivity contribution in [3.8, 4) is 0 Å². The van der Waals surface area contributed by atoms with E-state index in [2.05, 4.69) is 0 Å². The lowest BCUT2D eigenvalue weighted by molar-refractivity contribution is 0.238. The van der Waals surface area contributed by atoms with E-state index in [1.54, 1.807) is 0 Å². The summed E-state index contributed by atoms with van der Waals surface area (Å²) in [6.45, 7) is 0.